The summed E-state index contributed by atoms with van der Waals surface area (Å²) in [6.45, 7) is 13.3. The molecule has 1 heteroatoms. The van der Waals surface area contributed by atoms with Gasteiger partial charge in [-0.1, -0.05) is 36.5 Å². The van der Waals surface area contributed by atoms with E-state index in [2.05, 4.69) is 24.6 Å². The number of hydrogen-bond donors (Lipinski definition) is 1. The quantitative estimate of drug-likeness (QED) is 0.361. The first kappa shape index (κ1) is 10.2. The van der Waals surface area contributed by atoms with Crippen molar-refractivity contribution in [3.8, 4) is 0 Å². The predicted molar refractivity (Wildman–Crippen MR) is 51.6 cm³/mol. The van der Waals surface area contributed by atoms with E-state index in [0.717, 1.165) is 24.2 Å². The fourth-order valence-electron chi connectivity index (χ4n) is 0.629. The zero-order valence-corrected chi connectivity index (χ0v) is 7.48. The summed E-state index contributed by atoms with van der Waals surface area (Å²) in [5.74, 6) is 0. The molecule has 0 amide bonds. The van der Waals surface area contributed by atoms with Gasteiger partial charge >= 0.3 is 0 Å². The van der Waals surface area contributed by atoms with Gasteiger partial charge in [-0.3, -0.25) is 0 Å². The molecule has 11 heavy (non-hydrogen) atoms. The van der Waals surface area contributed by atoms with Crippen molar-refractivity contribution in [1.29, 1.82) is 0 Å². The van der Waals surface area contributed by atoms with Crippen LogP contribution in [-0.2, 0) is 0 Å². The van der Waals surface area contributed by atoms with Crippen molar-refractivity contribution in [3.05, 3.63) is 36.5 Å². The summed E-state index contributed by atoms with van der Waals surface area (Å²) in [5.41, 5.74) is 2.25. The van der Waals surface area contributed by atoms with Crippen LogP contribution in [0.25, 0.3) is 0 Å². The highest BCUT2D eigenvalue weighted by molar-refractivity contribution is 5.11. The third kappa shape index (κ3) is 9.18. The van der Waals surface area contributed by atoms with Crippen molar-refractivity contribution < 1.29 is 0 Å². The Morgan fingerprint density at radius 1 is 1.36 bits per heavy atom. The van der Waals surface area contributed by atoms with Gasteiger partial charge in [0, 0.05) is 13.1 Å². The number of allylic oxidation sites excluding steroid dienone is 2. The molecular formula is C10H17N. The van der Waals surface area contributed by atoms with Gasteiger partial charge in [-0.25, -0.2) is 0 Å². The van der Waals surface area contributed by atoms with E-state index in [1.165, 1.54) is 0 Å². The fourth-order valence-corrected chi connectivity index (χ4v) is 0.629. The van der Waals surface area contributed by atoms with E-state index in [-0.39, 0.29) is 0 Å². The number of hydrogen-bond acceptors (Lipinski definition) is 1. The van der Waals surface area contributed by atoms with E-state index in [1.54, 1.807) is 0 Å². The van der Waals surface area contributed by atoms with Crippen molar-refractivity contribution in [3.63, 3.8) is 0 Å². The van der Waals surface area contributed by atoms with Gasteiger partial charge in [0.1, 0.15) is 0 Å². The molecule has 0 bridgehead atoms. The second-order valence-electron chi connectivity index (χ2n) is 2.84. The van der Waals surface area contributed by atoms with Crippen LogP contribution in [-0.4, -0.2) is 13.1 Å². The lowest BCUT2D eigenvalue weighted by molar-refractivity contribution is 0.816. The van der Waals surface area contributed by atoms with E-state index < -0.39 is 0 Å². The molecule has 0 aromatic carbocycles. The van der Waals surface area contributed by atoms with Crippen LogP contribution in [0.5, 0.6) is 0 Å². The summed E-state index contributed by atoms with van der Waals surface area (Å²) in [5, 5.41) is 3.21. The van der Waals surface area contributed by atoms with Crippen LogP contribution >= 0.6 is 0 Å². The van der Waals surface area contributed by atoms with Gasteiger partial charge in [-0.15, -0.1) is 0 Å². The first-order valence-electron chi connectivity index (χ1n) is 3.80. The van der Waals surface area contributed by atoms with Crippen LogP contribution in [0.4, 0.5) is 0 Å². The fraction of sp³-hybridized carbons (Fsp3) is 0.400. The second kappa shape index (κ2) is 5.93. The molecule has 0 fully saturated rings. The molecule has 0 atom stereocenters. The Hall–Kier alpha value is -0.820. The summed E-state index contributed by atoms with van der Waals surface area (Å²) >= 11 is 0. The minimum absolute atomic E-state index is 0.889. The van der Waals surface area contributed by atoms with Gasteiger partial charge in [0.15, 0.2) is 0 Å². The lowest BCUT2D eigenvalue weighted by atomic mass is 10.3. The van der Waals surface area contributed by atoms with Gasteiger partial charge in [0.25, 0.3) is 0 Å². The normalized spacial score (nSPS) is 10.4. The Labute approximate surface area is 69.5 Å². The standard InChI is InChI=1S/C10H17N/c1-9(2)6-5-7-11-8-10(3)4/h5-6,11H,1,3,7-8H2,2,4H3/b6-5+. The minimum atomic E-state index is 0.889. The Bertz CT molecular complexity index is 166. The Morgan fingerprint density at radius 2 is 2.00 bits per heavy atom. The van der Waals surface area contributed by atoms with Gasteiger partial charge in [0.2, 0.25) is 0 Å². The maximum atomic E-state index is 3.78. The van der Waals surface area contributed by atoms with Crippen LogP contribution in [0.15, 0.2) is 36.5 Å². The summed E-state index contributed by atoms with van der Waals surface area (Å²) < 4.78 is 0. The molecule has 0 aliphatic rings. The molecule has 1 N–H and O–H groups in total. The topological polar surface area (TPSA) is 12.0 Å². The molecule has 0 aromatic rings. The van der Waals surface area contributed by atoms with Crippen LogP contribution in [0, 0.1) is 0 Å². The number of nitrogens with one attached hydrogen (secondary N) is 1. The molecular weight excluding hydrogens is 134 g/mol. The molecule has 0 aliphatic heterocycles. The molecule has 0 heterocycles. The Balaban J connectivity index is 3.27. The number of rotatable bonds is 5. The van der Waals surface area contributed by atoms with E-state index in [1.807, 2.05) is 19.9 Å². The third-order valence-electron chi connectivity index (χ3n) is 1.09. The van der Waals surface area contributed by atoms with Crippen LogP contribution < -0.4 is 5.32 Å². The molecule has 0 rings (SSSR count). The molecule has 0 radical (unpaired) electrons. The smallest absolute Gasteiger partial charge is 0.0162 e. The second-order valence-corrected chi connectivity index (χ2v) is 2.84. The van der Waals surface area contributed by atoms with E-state index in [0.29, 0.717) is 0 Å². The maximum Gasteiger partial charge on any atom is 0.0162 e. The highest BCUT2D eigenvalue weighted by Crippen LogP contribution is 1.87. The summed E-state index contributed by atoms with van der Waals surface area (Å²) in [6.07, 6.45) is 4.07. The average Bonchev–Trinajstić information content (AvgIpc) is 1.85. The maximum absolute atomic E-state index is 3.78. The van der Waals surface area contributed by atoms with Gasteiger partial charge < -0.3 is 5.32 Å². The zero-order chi connectivity index (χ0) is 8.69. The first-order chi connectivity index (χ1) is 5.13. The van der Waals surface area contributed by atoms with Crippen LogP contribution in [0.1, 0.15) is 13.8 Å². The predicted octanol–water partition coefficient (Wildman–Crippen LogP) is 2.28. The van der Waals surface area contributed by atoms with Gasteiger partial charge in [-0.2, -0.15) is 0 Å². The van der Waals surface area contributed by atoms with Crippen LogP contribution in [0.2, 0.25) is 0 Å². The Kier molecular flexibility index (Phi) is 5.49. The monoisotopic (exact) mass is 151 g/mol. The lowest BCUT2D eigenvalue weighted by Gasteiger charge is -1.98. The summed E-state index contributed by atoms with van der Waals surface area (Å²) in [7, 11) is 0. The van der Waals surface area contributed by atoms with Gasteiger partial charge in [-0.05, 0) is 13.8 Å². The molecule has 0 aromatic heterocycles. The highest BCUT2D eigenvalue weighted by Gasteiger charge is 1.81. The molecule has 0 saturated heterocycles. The SMILES string of the molecule is C=C(C)/C=C/CNCC(=C)C. The van der Waals surface area contributed by atoms with Crippen molar-refractivity contribution in [2.24, 2.45) is 0 Å². The third-order valence-corrected chi connectivity index (χ3v) is 1.09. The van der Waals surface area contributed by atoms with Crippen molar-refractivity contribution in [1.82, 2.24) is 5.32 Å². The molecule has 0 unspecified atom stereocenters. The summed E-state index contributed by atoms with van der Waals surface area (Å²) in [6, 6.07) is 0. The van der Waals surface area contributed by atoms with E-state index in [9.17, 15) is 0 Å². The first-order valence-corrected chi connectivity index (χ1v) is 3.80. The minimum Gasteiger partial charge on any atom is -0.310 e. The zero-order valence-electron chi connectivity index (χ0n) is 7.48. The average molecular weight is 151 g/mol. The summed E-state index contributed by atoms with van der Waals surface area (Å²) in [4.78, 5) is 0. The van der Waals surface area contributed by atoms with Crippen molar-refractivity contribution in [2.45, 2.75) is 13.8 Å². The van der Waals surface area contributed by atoms with E-state index >= 15 is 0 Å². The van der Waals surface area contributed by atoms with Crippen molar-refractivity contribution in [2.75, 3.05) is 13.1 Å². The van der Waals surface area contributed by atoms with Crippen molar-refractivity contribution >= 4 is 0 Å². The lowest BCUT2D eigenvalue weighted by Crippen LogP contribution is -2.15. The molecule has 62 valence electrons. The Morgan fingerprint density at radius 3 is 2.45 bits per heavy atom. The van der Waals surface area contributed by atoms with Crippen LogP contribution in [0.3, 0.4) is 0 Å². The van der Waals surface area contributed by atoms with E-state index in [4.69, 9.17) is 0 Å². The highest BCUT2D eigenvalue weighted by atomic mass is 14.8. The molecule has 0 spiro atoms. The molecule has 0 saturated carbocycles. The largest absolute Gasteiger partial charge is 0.310 e. The molecule has 1 nitrogen and oxygen atoms in total. The molecule has 0 aliphatic carbocycles. The van der Waals surface area contributed by atoms with Gasteiger partial charge in [0.05, 0.1) is 0 Å².